The van der Waals surface area contributed by atoms with Crippen LogP contribution in [0, 0.1) is 17.1 Å². The number of benzene rings is 1. The maximum absolute atomic E-state index is 12.8. The number of nitriles is 1. The molecule has 3 atom stereocenters. The molecule has 4 nitrogen and oxygen atoms in total. The minimum Gasteiger partial charge on any atom is -0.312 e. The third-order valence-corrected chi connectivity index (χ3v) is 4.65. The molecule has 0 bridgehead atoms. The maximum Gasteiger partial charge on any atom is 0.153 e. The van der Waals surface area contributed by atoms with E-state index in [1.165, 1.54) is 24.3 Å². The first-order valence-corrected chi connectivity index (χ1v) is 6.90. The van der Waals surface area contributed by atoms with Crippen LogP contribution in [0.4, 0.5) is 4.39 Å². The van der Waals surface area contributed by atoms with Crippen molar-refractivity contribution in [1.82, 2.24) is 0 Å². The van der Waals surface area contributed by atoms with E-state index in [2.05, 4.69) is 0 Å². The first-order valence-electron chi connectivity index (χ1n) is 4.95. The summed E-state index contributed by atoms with van der Waals surface area (Å²) in [7, 11) is -3.40. The molecule has 0 unspecified atom stereocenters. The van der Waals surface area contributed by atoms with E-state index in [0.717, 1.165) is 6.26 Å². The molecule has 0 amide bonds. The van der Waals surface area contributed by atoms with Crippen molar-refractivity contribution in [3.05, 3.63) is 35.6 Å². The molecule has 0 aromatic heterocycles. The summed E-state index contributed by atoms with van der Waals surface area (Å²) < 4.78 is 35.8. The van der Waals surface area contributed by atoms with Gasteiger partial charge in [-0.25, -0.2) is 12.8 Å². The van der Waals surface area contributed by atoms with Crippen LogP contribution in [0.5, 0.6) is 0 Å². The summed E-state index contributed by atoms with van der Waals surface area (Å²) in [6.45, 7) is 0. The maximum atomic E-state index is 12.8. The van der Waals surface area contributed by atoms with Gasteiger partial charge in [-0.15, -0.1) is 0 Å². The molecule has 1 aliphatic carbocycles. The van der Waals surface area contributed by atoms with E-state index in [4.69, 9.17) is 11.0 Å². The average molecular weight is 254 g/mol. The van der Waals surface area contributed by atoms with E-state index in [9.17, 15) is 12.8 Å². The Labute approximate surface area is 98.8 Å². The molecule has 0 radical (unpaired) electrons. The number of hydrogen-bond acceptors (Lipinski definition) is 4. The van der Waals surface area contributed by atoms with Gasteiger partial charge in [0.25, 0.3) is 0 Å². The van der Waals surface area contributed by atoms with Crippen molar-refractivity contribution in [3.63, 3.8) is 0 Å². The molecular formula is C11H11FN2O2S. The lowest BCUT2D eigenvalue weighted by molar-refractivity contribution is 0.597. The van der Waals surface area contributed by atoms with E-state index >= 15 is 0 Å². The molecular weight excluding hydrogens is 243 g/mol. The number of hydrogen-bond donors (Lipinski definition) is 1. The molecule has 1 aliphatic rings. The second-order valence-electron chi connectivity index (χ2n) is 4.32. The second-order valence-corrected chi connectivity index (χ2v) is 6.49. The molecule has 1 fully saturated rings. The fourth-order valence-electron chi connectivity index (χ4n) is 2.23. The first kappa shape index (κ1) is 12.0. The van der Waals surface area contributed by atoms with E-state index in [0.29, 0.717) is 5.56 Å². The van der Waals surface area contributed by atoms with Gasteiger partial charge in [0, 0.05) is 12.2 Å². The largest absolute Gasteiger partial charge is 0.312 e. The monoisotopic (exact) mass is 254 g/mol. The van der Waals surface area contributed by atoms with Crippen LogP contribution in [-0.4, -0.2) is 25.5 Å². The molecule has 1 aromatic carbocycles. The van der Waals surface area contributed by atoms with Crippen molar-refractivity contribution >= 4 is 9.84 Å². The van der Waals surface area contributed by atoms with Crippen LogP contribution < -0.4 is 5.73 Å². The van der Waals surface area contributed by atoms with Gasteiger partial charge in [-0.3, -0.25) is 0 Å². The Morgan fingerprint density at radius 3 is 2.29 bits per heavy atom. The summed E-state index contributed by atoms with van der Waals surface area (Å²) in [6, 6.07) is 7.22. The van der Waals surface area contributed by atoms with E-state index in [-0.39, 0.29) is 0 Å². The molecule has 1 saturated carbocycles. The first-order chi connectivity index (χ1) is 7.80. The molecule has 0 heterocycles. The number of sulfone groups is 1. The number of nitrogens with two attached hydrogens (primary N) is 1. The Kier molecular flexibility index (Phi) is 2.49. The van der Waals surface area contributed by atoms with Gasteiger partial charge in [-0.05, 0) is 17.7 Å². The smallest absolute Gasteiger partial charge is 0.153 e. The normalized spacial score (nSPS) is 31.9. The summed E-state index contributed by atoms with van der Waals surface area (Å²) in [5.74, 6) is -0.993. The van der Waals surface area contributed by atoms with Crippen LogP contribution in [0.1, 0.15) is 11.5 Å². The van der Waals surface area contributed by atoms with Crippen molar-refractivity contribution in [1.29, 1.82) is 5.26 Å². The number of nitrogens with zero attached hydrogens (tertiary/aromatic N) is 1. The summed E-state index contributed by atoms with van der Waals surface area (Å²) in [4.78, 5) is 0. The Morgan fingerprint density at radius 2 is 1.94 bits per heavy atom. The Hall–Kier alpha value is -1.45. The minimum absolute atomic E-state index is 0.412. The predicted molar refractivity (Wildman–Crippen MR) is 60.3 cm³/mol. The highest BCUT2D eigenvalue weighted by Crippen LogP contribution is 2.53. The average Bonchev–Trinajstić information content (AvgIpc) is 2.87. The quantitative estimate of drug-likeness (QED) is 0.835. The SMILES string of the molecule is CS(=O)(=O)[C@@H]1[C@H](c2ccc(F)cc2)[C@@]1(N)C#N. The van der Waals surface area contributed by atoms with Gasteiger partial charge in [-0.2, -0.15) is 5.26 Å². The van der Waals surface area contributed by atoms with Crippen LogP contribution in [0.3, 0.4) is 0 Å². The molecule has 0 saturated heterocycles. The van der Waals surface area contributed by atoms with Gasteiger partial charge < -0.3 is 5.73 Å². The van der Waals surface area contributed by atoms with Crippen molar-refractivity contribution < 1.29 is 12.8 Å². The zero-order valence-electron chi connectivity index (χ0n) is 9.09. The van der Waals surface area contributed by atoms with Crippen LogP contribution in [-0.2, 0) is 9.84 Å². The Balaban J connectivity index is 2.42. The third-order valence-electron chi connectivity index (χ3n) is 3.06. The summed E-state index contributed by atoms with van der Waals surface area (Å²) >= 11 is 0. The fourth-order valence-corrected chi connectivity index (χ4v) is 3.94. The molecule has 2 rings (SSSR count). The fraction of sp³-hybridized carbons (Fsp3) is 0.364. The third kappa shape index (κ3) is 1.81. The highest BCUT2D eigenvalue weighted by atomic mass is 32.2. The molecule has 1 aromatic rings. The second kappa shape index (κ2) is 3.52. The molecule has 90 valence electrons. The summed E-state index contributed by atoms with van der Waals surface area (Å²) in [5, 5.41) is 8.06. The standard InChI is InChI=1S/C11H11FN2O2S/c1-17(15,16)10-9(11(10,14)6-13)7-2-4-8(12)5-3-7/h2-5,9-10H,14H2,1H3/t9-,10+,11-/m0/s1. The topological polar surface area (TPSA) is 83.9 Å². The van der Waals surface area contributed by atoms with Crippen molar-refractivity contribution in [3.8, 4) is 6.07 Å². The predicted octanol–water partition coefficient (Wildman–Crippen LogP) is 0.557. The van der Waals surface area contributed by atoms with Crippen LogP contribution in [0.15, 0.2) is 24.3 Å². The van der Waals surface area contributed by atoms with Gasteiger partial charge in [0.05, 0.1) is 6.07 Å². The van der Waals surface area contributed by atoms with Crippen LogP contribution in [0.25, 0.3) is 0 Å². The lowest BCUT2D eigenvalue weighted by atomic mass is 10.1. The Bertz CT molecular complexity index is 591. The van der Waals surface area contributed by atoms with Crippen LogP contribution in [0.2, 0.25) is 0 Å². The highest BCUT2D eigenvalue weighted by Gasteiger charge is 2.69. The molecule has 6 heteroatoms. The van der Waals surface area contributed by atoms with E-state index in [1.54, 1.807) is 0 Å². The van der Waals surface area contributed by atoms with Gasteiger partial charge in [0.2, 0.25) is 0 Å². The lowest BCUT2D eigenvalue weighted by Gasteiger charge is -2.00. The van der Waals surface area contributed by atoms with E-state index < -0.39 is 32.4 Å². The van der Waals surface area contributed by atoms with Crippen LogP contribution >= 0.6 is 0 Å². The van der Waals surface area contributed by atoms with Crippen molar-refractivity contribution in [2.45, 2.75) is 16.7 Å². The number of halogens is 1. The number of rotatable bonds is 2. The zero-order chi connectivity index (χ0) is 12.8. The van der Waals surface area contributed by atoms with Crippen molar-refractivity contribution in [2.24, 2.45) is 5.73 Å². The summed E-state index contributed by atoms with van der Waals surface area (Å²) in [5.41, 5.74) is 4.93. The minimum atomic E-state index is -3.40. The van der Waals surface area contributed by atoms with Gasteiger partial charge in [0.1, 0.15) is 16.6 Å². The highest BCUT2D eigenvalue weighted by molar-refractivity contribution is 7.91. The van der Waals surface area contributed by atoms with Gasteiger partial charge in [-0.1, -0.05) is 12.1 Å². The van der Waals surface area contributed by atoms with Gasteiger partial charge in [0.15, 0.2) is 9.84 Å². The van der Waals surface area contributed by atoms with Crippen molar-refractivity contribution in [2.75, 3.05) is 6.26 Å². The molecule has 0 spiro atoms. The Morgan fingerprint density at radius 1 is 1.41 bits per heavy atom. The summed E-state index contributed by atoms with van der Waals surface area (Å²) in [6.07, 6.45) is 1.06. The molecule has 2 N–H and O–H groups in total. The zero-order valence-corrected chi connectivity index (χ0v) is 9.91. The lowest BCUT2D eigenvalue weighted by Crippen LogP contribution is -2.28. The van der Waals surface area contributed by atoms with Gasteiger partial charge >= 0.3 is 0 Å². The molecule has 0 aliphatic heterocycles. The van der Waals surface area contributed by atoms with E-state index in [1.807, 2.05) is 6.07 Å². The molecule has 17 heavy (non-hydrogen) atoms.